The molecule has 2 saturated carbocycles. The molecule has 1 aromatic carbocycles. The van der Waals surface area contributed by atoms with E-state index < -0.39 is 0 Å². The van der Waals surface area contributed by atoms with Gasteiger partial charge in [-0.3, -0.25) is 0 Å². The molecule has 0 radical (unpaired) electrons. The number of ether oxygens (including phenoxy) is 1. The molecule has 2 N–H and O–H groups in total. The molecule has 92 valence electrons. The van der Waals surface area contributed by atoms with Crippen LogP contribution in [0, 0.1) is 17.8 Å². The summed E-state index contributed by atoms with van der Waals surface area (Å²) in [5.74, 6) is 3.37. The van der Waals surface area contributed by atoms with E-state index in [9.17, 15) is 0 Å². The van der Waals surface area contributed by atoms with Crippen LogP contribution in [0.3, 0.4) is 0 Å². The Morgan fingerprint density at radius 2 is 2.06 bits per heavy atom. The molecule has 17 heavy (non-hydrogen) atoms. The van der Waals surface area contributed by atoms with Gasteiger partial charge in [0.05, 0.1) is 7.11 Å². The minimum absolute atomic E-state index is 0.137. The quantitative estimate of drug-likeness (QED) is 0.926. The summed E-state index contributed by atoms with van der Waals surface area (Å²) < 4.78 is 6.50. The van der Waals surface area contributed by atoms with Gasteiger partial charge >= 0.3 is 0 Å². The van der Waals surface area contributed by atoms with Crippen LogP contribution in [0.5, 0.6) is 5.75 Å². The Bertz CT molecular complexity index is 424. The van der Waals surface area contributed by atoms with Crippen molar-refractivity contribution in [3.8, 4) is 5.75 Å². The highest BCUT2D eigenvalue weighted by Crippen LogP contribution is 2.62. The standard InChI is InChI=1S/C14H18BrNO/c1-17-12-6-5-8(15)7-11(12)14(16)13-9-3-2-4-10(9)13/h5-7,9-10,13-14H,2-4,16H2,1H3. The smallest absolute Gasteiger partial charge is 0.123 e. The van der Waals surface area contributed by atoms with Gasteiger partial charge in [-0.25, -0.2) is 0 Å². The Hall–Kier alpha value is -0.540. The van der Waals surface area contributed by atoms with E-state index in [1.807, 2.05) is 12.1 Å². The van der Waals surface area contributed by atoms with Gasteiger partial charge < -0.3 is 10.5 Å². The Balaban J connectivity index is 1.85. The van der Waals surface area contributed by atoms with E-state index in [-0.39, 0.29) is 6.04 Å². The van der Waals surface area contributed by atoms with Crippen molar-refractivity contribution in [3.63, 3.8) is 0 Å². The van der Waals surface area contributed by atoms with Gasteiger partial charge in [0, 0.05) is 16.1 Å². The van der Waals surface area contributed by atoms with Crippen LogP contribution < -0.4 is 10.5 Å². The number of nitrogens with two attached hydrogens (primary N) is 1. The normalized spacial score (nSPS) is 32.1. The third-order valence-electron chi connectivity index (χ3n) is 4.44. The number of fused-ring (bicyclic) bond motifs is 1. The molecule has 1 aromatic rings. The summed E-state index contributed by atoms with van der Waals surface area (Å²) in [6, 6.07) is 6.25. The second kappa shape index (κ2) is 4.29. The summed E-state index contributed by atoms with van der Waals surface area (Å²) in [5, 5.41) is 0. The van der Waals surface area contributed by atoms with E-state index in [0.29, 0.717) is 5.92 Å². The topological polar surface area (TPSA) is 35.2 Å². The number of halogens is 1. The first-order valence-corrected chi connectivity index (χ1v) is 7.10. The average Bonchev–Trinajstić information content (AvgIpc) is 2.81. The SMILES string of the molecule is COc1ccc(Br)cc1C(N)C1C2CCCC21. The first-order chi connectivity index (χ1) is 8.22. The van der Waals surface area contributed by atoms with Crippen molar-refractivity contribution >= 4 is 15.9 Å². The zero-order chi connectivity index (χ0) is 12.0. The van der Waals surface area contributed by atoms with E-state index in [1.54, 1.807) is 7.11 Å². The van der Waals surface area contributed by atoms with Crippen LogP contribution >= 0.6 is 15.9 Å². The molecule has 0 aliphatic heterocycles. The van der Waals surface area contributed by atoms with Crippen molar-refractivity contribution in [2.45, 2.75) is 25.3 Å². The largest absolute Gasteiger partial charge is 0.496 e. The Morgan fingerprint density at radius 1 is 1.35 bits per heavy atom. The van der Waals surface area contributed by atoms with Crippen molar-refractivity contribution < 1.29 is 4.74 Å². The molecule has 3 heteroatoms. The van der Waals surface area contributed by atoms with Crippen LogP contribution in [0.25, 0.3) is 0 Å². The van der Waals surface area contributed by atoms with Gasteiger partial charge in [0.2, 0.25) is 0 Å². The molecule has 3 rings (SSSR count). The maximum Gasteiger partial charge on any atom is 0.123 e. The van der Waals surface area contributed by atoms with E-state index in [0.717, 1.165) is 27.6 Å². The molecule has 0 amide bonds. The van der Waals surface area contributed by atoms with Gasteiger partial charge in [-0.1, -0.05) is 22.4 Å². The highest BCUT2D eigenvalue weighted by molar-refractivity contribution is 9.10. The minimum Gasteiger partial charge on any atom is -0.496 e. The van der Waals surface area contributed by atoms with Crippen LogP contribution in [-0.2, 0) is 0 Å². The second-order valence-electron chi connectivity index (χ2n) is 5.25. The third kappa shape index (κ3) is 1.89. The van der Waals surface area contributed by atoms with Crippen molar-refractivity contribution in [3.05, 3.63) is 28.2 Å². The minimum atomic E-state index is 0.137. The molecule has 0 saturated heterocycles. The molecule has 3 atom stereocenters. The second-order valence-corrected chi connectivity index (χ2v) is 6.16. The molecule has 2 fully saturated rings. The number of hydrogen-bond donors (Lipinski definition) is 1. The summed E-state index contributed by atoms with van der Waals surface area (Å²) in [6.07, 6.45) is 4.15. The fourth-order valence-electron chi connectivity index (χ4n) is 3.58. The van der Waals surface area contributed by atoms with Crippen molar-refractivity contribution in [2.24, 2.45) is 23.5 Å². The maximum absolute atomic E-state index is 6.44. The van der Waals surface area contributed by atoms with Gasteiger partial charge in [0.15, 0.2) is 0 Å². The van der Waals surface area contributed by atoms with Gasteiger partial charge in [0.25, 0.3) is 0 Å². The molecule has 0 bridgehead atoms. The van der Waals surface area contributed by atoms with Crippen LogP contribution in [-0.4, -0.2) is 7.11 Å². The van der Waals surface area contributed by atoms with Crippen LogP contribution in [0.2, 0.25) is 0 Å². The molecule has 2 aliphatic rings. The van der Waals surface area contributed by atoms with Crippen molar-refractivity contribution in [1.82, 2.24) is 0 Å². The molecule has 2 aliphatic carbocycles. The van der Waals surface area contributed by atoms with Crippen LogP contribution in [0.1, 0.15) is 30.9 Å². The first kappa shape index (κ1) is 11.5. The highest BCUT2D eigenvalue weighted by Gasteiger charge is 2.55. The Labute approximate surface area is 111 Å². The summed E-state index contributed by atoms with van der Waals surface area (Å²) in [6.45, 7) is 0. The van der Waals surface area contributed by atoms with Crippen molar-refractivity contribution in [2.75, 3.05) is 7.11 Å². The summed E-state index contributed by atoms with van der Waals surface area (Å²) in [5.41, 5.74) is 7.59. The molecule has 0 heterocycles. The lowest BCUT2D eigenvalue weighted by Crippen LogP contribution is -2.16. The average molecular weight is 296 g/mol. The lowest BCUT2D eigenvalue weighted by atomic mass is 9.97. The monoisotopic (exact) mass is 295 g/mol. The summed E-state index contributed by atoms with van der Waals surface area (Å²) >= 11 is 3.51. The molecule has 3 unspecified atom stereocenters. The zero-order valence-electron chi connectivity index (χ0n) is 10.0. The van der Waals surface area contributed by atoms with Gasteiger partial charge in [-0.05, 0) is 48.8 Å². The van der Waals surface area contributed by atoms with E-state index in [1.165, 1.54) is 19.3 Å². The molecule has 2 nitrogen and oxygen atoms in total. The van der Waals surface area contributed by atoms with E-state index in [2.05, 4.69) is 22.0 Å². The lowest BCUT2D eigenvalue weighted by molar-refractivity contribution is 0.397. The highest BCUT2D eigenvalue weighted by atomic mass is 79.9. The van der Waals surface area contributed by atoms with Crippen LogP contribution in [0.4, 0.5) is 0 Å². The molecule has 0 spiro atoms. The number of benzene rings is 1. The van der Waals surface area contributed by atoms with Gasteiger partial charge in [0.1, 0.15) is 5.75 Å². The van der Waals surface area contributed by atoms with Gasteiger partial charge in [-0.15, -0.1) is 0 Å². The predicted octanol–water partition coefficient (Wildman–Crippen LogP) is 3.50. The molecular weight excluding hydrogens is 278 g/mol. The number of rotatable bonds is 3. The maximum atomic E-state index is 6.44. The first-order valence-electron chi connectivity index (χ1n) is 6.31. The van der Waals surface area contributed by atoms with Gasteiger partial charge in [-0.2, -0.15) is 0 Å². The third-order valence-corrected chi connectivity index (χ3v) is 4.93. The van der Waals surface area contributed by atoms with E-state index in [4.69, 9.17) is 10.5 Å². The molecular formula is C14H18BrNO. The van der Waals surface area contributed by atoms with E-state index >= 15 is 0 Å². The number of methoxy groups -OCH3 is 1. The predicted molar refractivity (Wildman–Crippen MR) is 71.9 cm³/mol. The summed E-state index contributed by atoms with van der Waals surface area (Å²) in [4.78, 5) is 0. The van der Waals surface area contributed by atoms with Crippen molar-refractivity contribution in [1.29, 1.82) is 0 Å². The Kier molecular flexibility index (Phi) is 2.91. The fraction of sp³-hybridized carbons (Fsp3) is 0.571. The number of hydrogen-bond acceptors (Lipinski definition) is 2. The molecule has 0 aromatic heterocycles. The van der Waals surface area contributed by atoms with Crippen LogP contribution in [0.15, 0.2) is 22.7 Å². The zero-order valence-corrected chi connectivity index (χ0v) is 11.6. The Morgan fingerprint density at radius 3 is 2.71 bits per heavy atom. The lowest BCUT2D eigenvalue weighted by Gasteiger charge is -2.17. The fourth-order valence-corrected chi connectivity index (χ4v) is 3.96. The summed E-state index contributed by atoms with van der Waals surface area (Å²) in [7, 11) is 1.72.